The van der Waals surface area contributed by atoms with Gasteiger partial charge in [0.2, 0.25) is 0 Å². The van der Waals surface area contributed by atoms with Crippen LogP contribution in [0.2, 0.25) is 0 Å². The highest BCUT2D eigenvalue weighted by Crippen LogP contribution is 2.51. The van der Waals surface area contributed by atoms with Gasteiger partial charge in [-0.05, 0) is 13.3 Å². The molecule has 1 aromatic rings. The maximum absolute atomic E-state index is 4.86. The summed E-state index contributed by atoms with van der Waals surface area (Å²) in [6.07, 6.45) is 5.47. The van der Waals surface area contributed by atoms with E-state index in [0.29, 0.717) is 6.01 Å². The summed E-state index contributed by atoms with van der Waals surface area (Å²) >= 11 is 4.49. The van der Waals surface area contributed by atoms with E-state index in [9.17, 15) is 0 Å². The van der Waals surface area contributed by atoms with Crippen LogP contribution in [0.1, 0.15) is 0 Å². The van der Waals surface area contributed by atoms with Crippen molar-refractivity contribution in [3.8, 4) is 6.01 Å². The molecule has 1 aromatic heterocycles. The topological polar surface area (TPSA) is 47.0 Å². The number of nitrogens with one attached hydrogen (secondary N) is 1. The Morgan fingerprint density at radius 2 is 2.00 bits per heavy atom. The van der Waals surface area contributed by atoms with Gasteiger partial charge in [0, 0.05) is 17.3 Å². The van der Waals surface area contributed by atoms with Crippen molar-refractivity contribution in [2.75, 3.05) is 20.4 Å². The van der Waals surface area contributed by atoms with Crippen LogP contribution in [0.15, 0.2) is 17.3 Å². The average Bonchev–Trinajstić information content (AvgIpc) is 2.18. The van der Waals surface area contributed by atoms with Gasteiger partial charge in [0.1, 0.15) is 0 Å². The largest absolute Gasteiger partial charge is 0.467 e. The summed E-state index contributed by atoms with van der Waals surface area (Å²) in [5.74, 6) is 0. The molecule has 0 fully saturated rings. The van der Waals surface area contributed by atoms with E-state index in [0.717, 1.165) is 4.90 Å². The molecule has 13 heavy (non-hydrogen) atoms. The number of methoxy groups -OCH3 is 1. The Morgan fingerprint density at radius 1 is 1.46 bits per heavy atom. The first-order chi connectivity index (χ1) is 6.10. The molecule has 74 valence electrons. The highest BCUT2D eigenvalue weighted by molar-refractivity contribution is 8.86. The third-order valence-corrected chi connectivity index (χ3v) is 4.75. The molecule has 1 atom stereocenters. The molecule has 1 N–H and O–H groups in total. The molecule has 0 aromatic carbocycles. The van der Waals surface area contributed by atoms with Crippen LogP contribution in [0.5, 0.6) is 6.01 Å². The number of hydrogen-bond acceptors (Lipinski definition) is 5. The predicted octanol–water partition coefficient (Wildman–Crippen LogP) is 1.26. The Morgan fingerprint density at radius 3 is 2.38 bits per heavy atom. The highest BCUT2D eigenvalue weighted by Gasteiger charge is 2.13. The fraction of sp³-hybridized carbons (Fsp3) is 0.429. The number of thiol groups is 1. The molecule has 0 aliphatic rings. The van der Waals surface area contributed by atoms with Gasteiger partial charge in [0.25, 0.3) is 0 Å². The summed E-state index contributed by atoms with van der Waals surface area (Å²) in [5, 5.41) is 0. The van der Waals surface area contributed by atoms with E-state index in [1.165, 1.54) is 0 Å². The van der Waals surface area contributed by atoms with Gasteiger partial charge in [-0.3, -0.25) is 4.72 Å². The maximum atomic E-state index is 4.86. The van der Waals surface area contributed by atoms with Crippen molar-refractivity contribution in [1.29, 1.82) is 0 Å². The molecule has 0 saturated heterocycles. The van der Waals surface area contributed by atoms with Crippen LogP contribution >= 0.6 is 20.9 Å². The Kier molecular flexibility index (Phi) is 3.40. The minimum absolute atomic E-state index is 0.378. The van der Waals surface area contributed by atoms with Gasteiger partial charge in [-0.1, -0.05) is 0 Å². The van der Waals surface area contributed by atoms with Gasteiger partial charge in [-0.2, -0.15) is 0 Å². The summed E-state index contributed by atoms with van der Waals surface area (Å²) in [4.78, 5) is 9.01. The van der Waals surface area contributed by atoms with Gasteiger partial charge in [0.05, 0.1) is 7.11 Å². The lowest BCUT2D eigenvalue weighted by Gasteiger charge is -2.28. The summed E-state index contributed by atoms with van der Waals surface area (Å²) in [5.41, 5.74) is 0. The first-order valence-electron chi connectivity index (χ1n) is 3.65. The van der Waals surface area contributed by atoms with Crippen molar-refractivity contribution in [2.24, 2.45) is 0 Å². The quantitative estimate of drug-likeness (QED) is 0.593. The average molecular weight is 219 g/mol. The van der Waals surface area contributed by atoms with Crippen molar-refractivity contribution in [2.45, 2.75) is 4.90 Å². The lowest BCUT2D eigenvalue weighted by atomic mass is 10.7. The molecule has 0 radical (unpaired) electrons. The molecular formula is C7H13N3OS2. The molecular weight excluding hydrogens is 206 g/mol. The van der Waals surface area contributed by atoms with Gasteiger partial charge in [-0.25, -0.2) is 9.97 Å². The zero-order valence-corrected chi connectivity index (χ0v) is 9.52. The molecule has 4 nitrogen and oxygen atoms in total. The zero-order valence-electron chi connectivity index (χ0n) is 7.81. The summed E-state index contributed by atoms with van der Waals surface area (Å²) < 4.78 is 7.98. The second kappa shape index (κ2) is 4.17. The van der Waals surface area contributed by atoms with E-state index in [4.69, 9.17) is 4.74 Å². The van der Waals surface area contributed by atoms with Crippen molar-refractivity contribution in [3.63, 3.8) is 0 Å². The Labute approximate surface area is 84.4 Å². The lowest BCUT2D eigenvalue weighted by Crippen LogP contribution is -2.10. The minimum atomic E-state index is -1.26. The van der Waals surface area contributed by atoms with Crippen molar-refractivity contribution >= 4 is 20.9 Å². The van der Waals surface area contributed by atoms with Crippen molar-refractivity contribution in [1.82, 2.24) is 14.7 Å². The smallest absolute Gasteiger partial charge is 0.316 e. The predicted molar refractivity (Wildman–Crippen MR) is 58.4 cm³/mol. The van der Waals surface area contributed by atoms with E-state index in [1.54, 1.807) is 19.5 Å². The SMILES string of the molecule is CNS(C)(S)c1cnc(OC)nc1. The van der Waals surface area contributed by atoms with Gasteiger partial charge in [0.15, 0.2) is 0 Å². The molecule has 1 unspecified atom stereocenters. The number of aromatic nitrogens is 2. The fourth-order valence-corrected chi connectivity index (χ4v) is 1.77. The van der Waals surface area contributed by atoms with Crippen LogP contribution in [0.25, 0.3) is 0 Å². The molecule has 0 amide bonds. The van der Waals surface area contributed by atoms with Gasteiger partial charge >= 0.3 is 6.01 Å². The molecule has 1 rings (SSSR count). The molecule has 0 aliphatic carbocycles. The van der Waals surface area contributed by atoms with Crippen LogP contribution in [-0.2, 0) is 0 Å². The Hall–Kier alpha value is -0.460. The maximum Gasteiger partial charge on any atom is 0.316 e. The molecule has 6 heteroatoms. The summed E-state index contributed by atoms with van der Waals surface area (Å²) in [6, 6.07) is 0.378. The first kappa shape index (κ1) is 10.6. The van der Waals surface area contributed by atoms with Crippen LogP contribution < -0.4 is 9.46 Å². The second-order valence-electron chi connectivity index (χ2n) is 2.49. The number of nitrogens with zero attached hydrogens (tertiary/aromatic N) is 2. The van der Waals surface area contributed by atoms with E-state index in [2.05, 4.69) is 26.4 Å². The lowest BCUT2D eigenvalue weighted by molar-refractivity contribution is 0.378. The Bertz CT molecular complexity index is 276. The van der Waals surface area contributed by atoms with E-state index < -0.39 is 9.25 Å². The summed E-state index contributed by atoms with van der Waals surface area (Å²) in [7, 11) is 2.15. The van der Waals surface area contributed by atoms with E-state index >= 15 is 0 Å². The van der Waals surface area contributed by atoms with E-state index in [-0.39, 0.29) is 0 Å². The van der Waals surface area contributed by atoms with E-state index in [1.807, 2.05) is 13.3 Å². The van der Waals surface area contributed by atoms with Crippen LogP contribution in [-0.4, -0.2) is 30.4 Å². The summed E-state index contributed by atoms with van der Waals surface area (Å²) in [6.45, 7) is 0. The number of ether oxygens (including phenoxy) is 1. The first-order valence-corrected chi connectivity index (χ1v) is 6.75. The van der Waals surface area contributed by atoms with Crippen LogP contribution in [0.3, 0.4) is 0 Å². The zero-order chi connectivity index (χ0) is 9.90. The van der Waals surface area contributed by atoms with Gasteiger partial charge in [-0.15, -0.1) is 20.9 Å². The standard InChI is InChI=1S/C7H13N3OS2/c1-8-13(3,12)6-4-9-7(11-2)10-5-6/h4-5,8,12H,1-3H3. The normalized spacial score (nSPS) is 17.5. The van der Waals surface area contributed by atoms with Crippen molar-refractivity contribution < 1.29 is 4.74 Å². The van der Waals surface area contributed by atoms with Crippen LogP contribution in [0, 0.1) is 0 Å². The molecule has 0 saturated carbocycles. The molecule has 0 bridgehead atoms. The second-order valence-corrected chi connectivity index (χ2v) is 7.31. The van der Waals surface area contributed by atoms with Crippen molar-refractivity contribution in [3.05, 3.63) is 12.4 Å². The molecule has 0 spiro atoms. The number of rotatable bonds is 3. The number of hydrogen-bond donors (Lipinski definition) is 2. The van der Waals surface area contributed by atoms with Gasteiger partial charge < -0.3 is 4.74 Å². The third-order valence-electron chi connectivity index (χ3n) is 1.64. The Balaban J connectivity index is 2.92. The molecule has 1 heterocycles. The fourth-order valence-electron chi connectivity index (χ4n) is 0.733. The monoisotopic (exact) mass is 219 g/mol. The minimum Gasteiger partial charge on any atom is -0.467 e. The third kappa shape index (κ3) is 2.49. The highest BCUT2D eigenvalue weighted by atomic mass is 33.1. The van der Waals surface area contributed by atoms with Crippen LogP contribution in [0.4, 0.5) is 0 Å². The molecule has 0 aliphatic heterocycles.